The van der Waals surface area contributed by atoms with Gasteiger partial charge in [0.1, 0.15) is 5.75 Å². The van der Waals surface area contributed by atoms with Gasteiger partial charge in [-0.1, -0.05) is 12.1 Å². The molecule has 2 saturated heterocycles. The summed E-state index contributed by atoms with van der Waals surface area (Å²) in [5.41, 5.74) is 0.727. The summed E-state index contributed by atoms with van der Waals surface area (Å²) in [5, 5.41) is 3.18. The van der Waals surface area contributed by atoms with Gasteiger partial charge in [-0.2, -0.15) is 0 Å². The number of carbonyl (C=O) groups is 2. The Morgan fingerprint density at radius 1 is 1.08 bits per heavy atom. The van der Waals surface area contributed by atoms with E-state index >= 15 is 0 Å². The van der Waals surface area contributed by atoms with Crippen molar-refractivity contribution < 1.29 is 14.3 Å². The molecule has 0 bridgehead atoms. The summed E-state index contributed by atoms with van der Waals surface area (Å²) in [6, 6.07) is 7.92. The van der Waals surface area contributed by atoms with Crippen LogP contribution in [0, 0.1) is 0 Å². The number of amides is 2. The van der Waals surface area contributed by atoms with Gasteiger partial charge in [0.05, 0.1) is 19.2 Å². The maximum absolute atomic E-state index is 12.4. The van der Waals surface area contributed by atoms with Crippen LogP contribution in [0.15, 0.2) is 24.3 Å². The highest BCUT2D eigenvalue weighted by Crippen LogP contribution is 2.34. The lowest BCUT2D eigenvalue weighted by Gasteiger charge is -2.42. The van der Waals surface area contributed by atoms with Crippen molar-refractivity contribution in [1.82, 2.24) is 15.1 Å². The molecule has 1 N–H and O–H groups in total. The second-order valence-electron chi connectivity index (χ2n) is 7.36. The van der Waals surface area contributed by atoms with Crippen LogP contribution in [0.25, 0.3) is 0 Å². The van der Waals surface area contributed by atoms with Crippen LogP contribution in [-0.2, 0) is 15.1 Å². The van der Waals surface area contributed by atoms with Crippen molar-refractivity contribution in [3.63, 3.8) is 0 Å². The third-order valence-electron chi connectivity index (χ3n) is 5.59. The van der Waals surface area contributed by atoms with E-state index in [9.17, 15) is 9.59 Å². The quantitative estimate of drug-likeness (QED) is 0.870. The summed E-state index contributed by atoms with van der Waals surface area (Å²) in [6.45, 7) is 5.44. The van der Waals surface area contributed by atoms with E-state index in [1.54, 1.807) is 14.0 Å². The maximum atomic E-state index is 12.4. The van der Waals surface area contributed by atoms with E-state index in [1.807, 2.05) is 29.2 Å². The summed E-state index contributed by atoms with van der Waals surface area (Å²) in [6.07, 6.45) is 3.84. The molecule has 6 heteroatoms. The third kappa shape index (κ3) is 4.18. The summed E-state index contributed by atoms with van der Waals surface area (Å²) in [4.78, 5) is 28.4. The van der Waals surface area contributed by atoms with E-state index in [1.165, 1.54) is 0 Å². The number of ether oxygens (including phenoxy) is 1. The van der Waals surface area contributed by atoms with Crippen LogP contribution >= 0.6 is 0 Å². The Hall–Kier alpha value is -2.08. The van der Waals surface area contributed by atoms with E-state index in [0.29, 0.717) is 6.54 Å². The summed E-state index contributed by atoms with van der Waals surface area (Å²) < 4.78 is 5.24. The van der Waals surface area contributed by atoms with Gasteiger partial charge in [0.2, 0.25) is 11.8 Å². The molecular formula is C20H29N3O3. The second kappa shape index (κ2) is 8.08. The fraction of sp³-hybridized carbons (Fsp3) is 0.600. The first-order valence-corrected chi connectivity index (χ1v) is 9.46. The normalized spacial score (nSPS) is 20.0. The lowest BCUT2D eigenvalue weighted by Crippen LogP contribution is -2.54. The molecule has 3 rings (SSSR count). The number of piperidine rings is 1. The maximum Gasteiger partial charge on any atom is 0.236 e. The number of likely N-dealkylation sites (tertiary alicyclic amines) is 2. The van der Waals surface area contributed by atoms with Gasteiger partial charge in [-0.3, -0.25) is 14.5 Å². The molecule has 0 atom stereocenters. The summed E-state index contributed by atoms with van der Waals surface area (Å²) in [7, 11) is 1.65. The van der Waals surface area contributed by atoms with E-state index in [2.05, 4.69) is 10.2 Å². The van der Waals surface area contributed by atoms with Crippen LogP contribution in [-0.4, -0.2) is 61.4 Å². The average molecular weight is 359 g/mol. The molecule has 6 nitrogen and oxygen atoms in total. The van der Waals surface area contributed by atoms with Gasteiger partial charge in [-0.05, 0) is 43.4 Å². The molecule has 26 heavy (non-hydrogen) atoms. The van der Waals surface area contributed by atoms with Gasteiger partial charge in [0, 0.05) is 33.1 Å². The van der Waals surface area contributed by atoms with Crippen molar-refractivity contribution in [2.24, 2.45) is 0 Å². The van der Waals surface area contributed by atoms with Crippen molar-refractivity contribution in [3.8, 4) is 5.75 Å². The molecule has 2 aliphatic heterocycles. The molecule has 0 aliphatic carbocycles. The molecule has 0 aromatic heterocycles. The van der Waals surface area contributed by atoms with E-state index < -0.39 is 0 Å². The molecular weight excluding hydrogens is 330 g/mol. The molecule has 2 aliphatic rings. The zero-order chi connectivity index (χ0) is 18.6. The lowest BCUT2D eigenvalue weighted by atomic mass is 9.80. The van der Waals surface area contributed by atoms with Gasteiger partial charge >= 0.3 is 0 Å². The highest BCUT2D eigenvalue weighted by atomic mass is 16.5. The third-order valence-corrected chi connectivity index (χ3v) is 5.59. The highest BCUT2D eigenvalue weighted by molar-refractivity contribution is 5.78. The van der Waals surface area contributed by atoms with Crippen LogP contribution in [0.3, 0.4) is 0 Å². The number of hydrogen-bond acceptors (Lipinski definition) is 4. The number of methoxy groups -OCH3 is 1. The number of benzene rings is 1. The molecule has 0 unspecified atom stereocenters. The van der Waals surface area contributed by atoms with E-state index in [-0.39, 0.29) is 17.4 Å². The molecule has 1 aromatic carbocycles. The fourth-order valence-electron chi connectivity index (χ4n) is 4.08. The monoisotopic (exact) mass is 359 g/mol. The molecule has 0 radical (unpaired) electrons. The minimum absolute atomic E-state index is 0.0255. The first-order valence-electron chi connectivity index (χ1n) is 9.46. The molecule has 0 saturated carbocycles. The van der Waals surface area contributed by atoms with Crippen molar-refractivity contribution >= 4 is 11.8 Å². The highest BCUT2D eigenvalue weighted by Gasteiger charge is 2.37. The first-order chi connectivity index (χ1) is 12.5. The predicted molar refractivity (Wildman–Crippen MR) is 100.0 cm³/mol. The lowest BCUT2D eigenvalue weighted by molar-refractivity contribution is -0.132. The number of nitrogens with one attached hydrogen (secondary N) is 1. The Morgan fingerprint density at radius 2 is 1.69 bits per heavy atom. The Bertz CT molecular complexity index is 630. The molecule has 2 amide bonds. The molecule has 1 aromatic rings. The Kier molecular flexibility index (Phi) is 5.81. The number of rotatable bonds is 5. The van der Waals surface area contributed by atoms with Gasteiger partial charge in [-0.25, -0.2) is 0 Å². The predicted octanol–water partition coefficient (Wildman–Crippen LogP) is 1.74. The SMILES string of the molecule is COc1ccc(C2(NC(C)=O)CCN(CC(=O)N3CCCC3)CC2)cc1. The fourth-order valence-corrected chi connectivity index (χ4v) is 4.08. The number of carbonyl (C=O) groups excluding carboxylic acids is 2. The first kappa shape index (κ1) is 18.7. The van der Waals surface area contributed by atoms with Gasteiger partial charge in [0.15, 0.2) is 0 Å². The summed E-state index contributed by atoms with van der Waals surface area (Å²) in [5.74, 6) is 1.02. The smallest absolute Gasteiger partial charge is 0.236 e. The van der Waals surface area contributed by atoms with Crippen molar-refractivity contribution in [1.29, 1.82) is 0 Å². The van der Waals surface area contributed by atoms with Crippen LogP contribution in [0.2, 0.25) is 0 Å². The standard InChI is InChI=1S/C20H29N3O3/c1-16(24)21-20(17-5-7-18(26-2)8-6-17)9-13-22(14-10-20)15-19(25)23-11-3-4-12-23/h5-8H,3-4,9-15H2,1-2H3,(H,21,24). The van der Waals surface area contributed by atoms with Crippen molar-refractivity contribution in [2.75, 3.05) is 39.8 Å². The molecule has 2 fully saturated rings. The molecule has 142 valence electrons. The minimum Gasteiger partial charge on any atom is -0.497 e. The number of nitrogens with zero attached hydrogens (tertiary/aromatic N) is 2. The van der Waals surface area contributed by atoms with E-state index in [4.69, 9.17) is 4.74 Å². The number of hydrogen-bond donors (Lipinski definition) is 1. The van der Waals surface area contributed by atoms with E-state index in [0.717, 1.165) is 63.2 Å². The average Bonchev–Trinajstić information content (AvgIpc) is 3.18. The Labute approximate surface area is 155 Å². The van der Waals surface area contributed by atoms with Crippen LogP contribution in [0.4, 0.5) is 0 Å². The van der Waals surface area contributed by atoms with Crippen LogP contribution in [0.5, 0.6) is 5.75 Å². The van der Waals surface area contributed by atoms with Gasteiger partial charge < -0.3 is 15.0 Å². The van der Waals surface area contributed by atoms with Crippen molar-refractivity contribution in [3.05, 3.63) is 29.8 Å². The zero-order valence-corrected chi connectivity index (χ0v) is 15.8. The molecule has 2 heterocycles. The Balaban J connectivity index is 1.66. The Morgan fingerprint density at radius 3 is 2.23 bits per heavy atom. The topological polar surface area (TPSA) is 61.9 Å². The van der Waals surface area contributed by atoms with Gasteiger partial charge in [0.25, 0.3) is 0 Å². The molecule has 0 spiro atoms. The minimum atomic E-state index is -0.370. The summed E-state index contributed by atoms with van der Waals surface area (Å²) >= 11 is 0. The van der Waals surface area contributed by atoms with Crippen LogP contribution in [0.1, 0.15) is 38.2 Å². The zero-order valence-electron chi connectivity index (χ0n) is 15.8. The van der Waals surface area contributed by atoms with Crippen molar-refractivity contribution in [2.45, 2.75) is 38.1 Å². The van der Waals surface area contributed by atoms with Crippen LogP contribution < -0.4 is 10.1 Å². The largest absolute Gasteiger partial charge is 0.497 e. The second-order valence-corrected chi connectivity index (χ2v) is 7.36. The van der Waals surface area contributed by atoms with Gasteiger partial charge in [-0.15, -0.1) is 0 Å².